The summed E-state index contributed by atoms with van der Waals surface area (Å²) in [7, 11) is 3.33. The van der Waals surface area contributed by atoms with Crippen molar-refractivity contribution in [3.8, 4) is 11.6 Å². The molecule has 1 fully saturated rings. The fourth-order valence-electron chi connectivity index (χ4n) is 3.65. The quantitative estimate of drug-likeness (QED) is 0.671. The second kappa shape index (κ2) is 7.69. The molecule has 0 amide bonds. The van der Waals surface area contributed by atoms with Crippen molar-refractivity contribution in [1.82, 2.24) is 19.5 Å². The average molecular weight is 395 g/mol. The molecule has 0 spiro atoms. The van der Waals surface area contributed by atoms with E-state index in [1.807, 2.05) is 26.0 Å². The minimum Gasteiger partial charge on any atom is -0.489 e. The Kier molecular flexibility index (Phi) is 5.08. The number of pyridine rings is 2. The molecule has 0 atom stereocenters. The highest BCUT2D eigenvalue weighted by atomic mass is 16.5. The van der Waals surface area contributed by atoms with Crippen LogP contribution in [0.15, 0.2) is 29.2 Å². The normalized spacial score (nSPS) is 15.0. The van der Waals surface area contributed by atoms with Crippen molar-refractivity contribution in [3.05, 3.63) is 46.1 Å². The van der Waals surface area contributed by atoms with Crippen molar-refractivity contribution in [2.24, 2.45) is 7.05 Å². The van der Waals surface area contributed by atoms with Gasteiger partial charge in [0.25, 0.3) is 5.56 Å². The molecule has 0 unspecified atom stereocenters. The molecule has 1 aliphatic rings. The number of nitrogens with zero attached hydrogens (tertiary/aromatic N) is 5. The first kappa shape index (κ1) is 19.2. The molecule has 1 aliphatic heterocycles. The molecule has 0 aromatic carbocycles. The van der Waals surface area contributed by atoms with Gasteiger partial charge in [-0.1, -0.05) is 0 Å². The molecule has 1 saturated heterocycles. The molecular formula is C21H25N5O3. The molecule has 4 heterocycles. The Morgan fingerprint density at radius 3 is 2.55 bits per heavy atom. The zero-order valence-corrected chi connectivity index (χ0v) is 17.2. The van der Waals surface area contributed by atoms with Gasteiger partial charge in [0.2, 0.25) is 5.88 Å². The maximum Gasteiger partial charge on any atom is 0.262 e. The maximum absolute atomic E-state index is 12.5. The van der Waals surface area contributed by atoms with Crippen LogP contribution < -0.4 is 19.9 Å². The first-order chi connectivity index (χ1) is 14.0. The summed E-state index contributed by atoms with van der Waals surface area (Å²) in [5.74, 6) is 2.87. The lowest BCUT2D eigenvalue weighted by Crippen LogP contribution is -2.39. The van der Waals surface area contributed by atoms with Gasteiger partial charge in [-0.05, 0) is 31.5 Å². The lowest BCUT2D eigenvalue weighted by molar-refractivity contribution is 0.170. The SMILES string of the molecule is COc1ccc(OC2CCN(c3nc4nc(C)n(C)c(=O)c4cc3C)CC2)cn1. The largest absolute Gasteiger partial charge is 0.489 e. The van der Waals surface area contributed by atoms with Crippen molar-refractivity contribution in [2.75, 3.05) is 25.1 Å². The van der Waals surface area contributed by atoms with Crippen LogP contribution in [0.5, 0.6) is 11.6 Å². The highest BCUT2D eigenvalue weighted by molar-refractivity contribution is 5.77. The van der Waals surface area contributed by atoms with Crippen LogP contribution in [0, 0.1) is 13.8 Å². The Balaban J connectivity index is 1.49. The van der Waals surface area contributed by atoms with Crippen molar-refractivity contribution >= 4 is 16.9 Å². The van der Waals surface area contributed by atoms with Crippen LogP contribution in [0.25, 0.3) is 11.0 Å². The van der Waals surface area contributed by atoms with E-state index in [2.05, 4.69) is 14.9 Å². The summed E-state index contributed by atoms with van der Waals surface area (Å²) >= 11 is 0. The van der Waals surface area contributed by atoms with E-state index in [9.17, 15) is 4.79 Å². The Hall–Kier alpha value is -3.16. The van der Waals surface area contributed by atoms with Crippen molar-refractivity contribution in [3.63, 3.8) is 0 Å². The second-order valence-corrected chi connectivity index (χ2v) is 7.36. The van der Waals surface area contributed by atoms with Crippen LogP contribution in [0.2, 0.25) is 0 Å². The van der Waals surface area contributed by atoms with E-state index in [0.717, 1.165) is 43.1 Å². The van der Waals surface area contributed by atoms with Crippen LogP contribution in [-0.2, 0) is 7.05 Å². The zero-order chi connectivity index (χ0) is 20.5. The molecule has 4 rings (SSSR count). The van der Waals surface area contributed by atoms with E-state index in [1.165, 1.54) is 0 Å². The maximum atomic E-state index is 12.5. The average Bonchev–Trinajstić information content (AvgIpc) is 2.74. The molecule has 0 saturated carbocycles. The fraction of sp³-hybridized carbons (Fsp3) is 0.429. The van der Waals surface area contributed by atoms with Gasteiger partial charge in [0, 0.05) is 39.0 Å². The molecule has 29 heavy (non-hydrogen) atoms. The number of aromatic nitrogens is 4. The third-order valence-corrected chi connectivity index (χ3v) is 5.42. The lowest BCUT2D eigenvalue weighted by atomic mass is 10.1. The van der Waals surface area contributed by atoms with E-state index in [-0.39, 0.29) is 11.7 Å². The molecule has 3 aromatic rings. The smallest absolute Gasteiger partial charge is 0.262 e. The fourth-order valence-corrected chi connectivity index (χ4v) is 3.65. The standard InChI is InChI=1S/C21H25N5O3/c1-13-11-17-19(23-14(2)25(3)21(17)27)24-20(13)26-9-7-15(8-10-26)29-16-5-6-18(28-4)22-12-16/h5-6,11-12,15H,7-10H2,1-4H3. The first-order valence-corrected chi connectivity index (χ1v) is 9.73. The Bertz CT molecular complexity index is 1090. The van der Waals surface area contributed by atoms with E-state index in [4.69, 9.17) is 14.5 Å². The van der Waals surface area contributed by atoms with Gasteiger partial charge in [0.05, 0.1) is 18.7 Å². The van der Waals surface area contributed by atoms with Gasteiger partial charge in [-0.15, -0.1) is 0 Å². The number of anilines is 1. The molecule has 8 heteroatoms. The van der Waals surface area contributed by atoms with Crippen LogP contribution >= 0.6 is 0 Å². The van der Waals surface area contributed by atoms with Gasteiger partial charge in [-0.2, -0.15) is 0 Å². The highest BCUT2D eigenvalue weighted by Crippen LogP contribution is 2.26. The summed E-state index contributed by atoms with van der Waals surface area (Å²) in [6, 6.07) is 5.58. The molecule has 152 valence electrons. The number of piperidine rings is 1. The Labute approximate surface area is 169 Å². The van der Waals surface area contributed by atoms with Crippen LogP contribution in [0.3, 0.4) is 0 Å². The third-order valence-electron chi connectivity index (χ3n) is 5.42. The zero-order valence-electron chi connectivity index (χ0n) is 17.2. The van der Waals surface area contributed by atoms with E-state index >= 15 is 0 Å². The van der Waals surface area contributed by atoms with Gasteiger partial charge in [-0.3, -0.25) is 9.36 Å². The van der Waals surface area contributed by atoms with Gasteiger partial charge in [-0.25, -0.2) is 15.0 Å². The summed E-state index contributed by atoms with van der Waals surface area (Å²) in [6.45, 7) is 5.47. The van der Waals surface area contributed by atoms with Crippen LogP contribution in [-0.4, -0.2) is 45.8 Å². The van der Waals surface area contributed by atoms with Gasteiger partial charge in [0.15, 0.2) is 5.65 Å². The predicted molar refractivity (Wildman–Crippen MR) is 111 cm³/mol. The summed E-state index contributed by atoms with van der Waals surface area (Å²) in [4.78, 5) is 28.1. The Morgan fingerprint density at radius 2 is 1.90 bits per heavy atom. The number of fused-ring (bicyclic) bond motifs is 1. The number of rotatable bonds is 4. The number of methoxy groups -OCH3 is 1. The summed E-state index contributed by atoms with van der Waals surface area (Å²) < 4.78 is 12.7. The number of aryl methyl sites for hydroxylation is 2. The van der Waals surface area contributed by atoms with Gasteiger partial charge in [0.1, 0.15) is 23.5 Å². The first-order valence-electron chi connectivity index (χ1n) is 9.73. The molecule has 0 bridgehead atoms. The van der Waals surface area contributed by atoms with Crippen LogP contribution in [0.1, 0.15) is 24.2 Å². The van der Waals surface area contributed by atoms with E-state index in [1.54, 1.807) is 31.0 Å². The molecule has 8 nitrogen and oxygen atoms in total. The van der Waals surface area contributed by atoms with Crippen molar-refractivity contribution < 1.29 is 9.47 Å². The number of hydrogen-bond acceptors (Lipinski definition) is 7. The predicted octanol–water partition coefficient (Wildman–Crippen LogP) is 2.40. The molecule has 0 N–H and O–H groups in total. The van der Waals surface area contributed by atoms with Gasteiger partial charge < -0.3 is 14.4 Å². The molecule has 3 aromatic heterocycles. The number of hydrogen-bond donors (Lipinski definition) is 0. The van der Waals surface area contributed by atoms with Gasteiger partial charge >= 0.3 is 0 Å². The van der Waals surface area contributed by atoms with Crippen LogP contribution in [0.4, 0.5) is 5.82 Å². The summed E-state index contributed by atoms with van der Waals surface area (Å²) in [5.41, 5.74) is 1.43. The second-order valence-electron chi connectivity index (χ2n) is 7.36. The molecule has 0 radical (unpaired) electrons. The minimum atomic E-state index is -0.0603. The monoisotopic (exact) mass is 395 g/mol. The third kappa shape index (κ3) is 3.74. The Morgan fingerprint density at radius 1 is 1.14 bits per heavy atom. The molecule has 0 aliphatic carbocycles. The van der Waals surface area contributed by atoms with Crippen molar-refractivity contribution in [2.45, 2.75) is 32.8 Å². The minimum absolute atomic E-state index is 0.0603. The number of ether oxygens (including phenoxy) is 2. The summed E-state index contributed by atoms with van der Waals surface area (Å²) in [5, 5.41) is 0.560. The van der Waals surface area contributed by atoms with Crippen molar-refractivity contribution in [1.29, 1.82) is 0 Å². The topological polar surface area (TPSA) is 82.4 Å². The molecular weight excluding hydrogens is 370 g/mol. The van der Waals surface area contributed by atoms with E-state index < -0.39 is 0 Å². The highest BCUT2D eigenvalue weighted by Gasteiger charge is 2.23. The lowest BCUT2D eigenvalue weighted by Gasteiger charge is -2.33. The van der Waals surface area contributed by atoms with E-state index in [0.29, 0.717) is 22.7 Å². The summed E-state index contributed by atoms with van der Waals surface area (Å²) in [6.07, 6.45) is 3.59.